The number of nitrogens with zero attached hydrogens (tertiary/aromatic N) is 1. The van der Waals surface area contributed by atoms with Gasteiger partial charge in [0, 0.05) is 18.7 Å². The largest absolute Gasteiger partial charge is 0.374 e. The Balaban J connectivity index is 1.80. The first-order chi connectivity index (χ1) is 12.1. The smallest absolute Gasteiger partial charge is 0.254 e. The van der Waals surface area contributed by atoms with Crippen LogP contribution in [-0.4, -0.2) is 43.2 Å². The Morgan fingerprint density at radius 2 is 2.08 bits per heavy atom. The first-order valence-corrected chi connectivity index (χ1v) is 8.62. The van der Waals surface area contributed by atoms with Gasteiger partial charge >= 0.3 is 0 Å². The second kappa shape index (κ2) is 7.95. The van der Waals surface area contributed by atoms with Gasteiger partial charge in [-0.05, 0) is 48.4 Å². The predicted molar refractivity (Wildman–Crippen MR) is 96.2 cm³/mol. The number of rotatable bonds is 4. The number of carbonyl (C=O) groups excluding carboxylic acids is 1. The van der Waals surface area contributed by atoms with Gasteiger partial charge in [-0.2, -0.15) is 0 Å². The molecule has 1 aliphatic rings. The number of amides is 1. The van der Waals surface area contributed by atoms with Crippen molar-refractivity contribution < 1.29 is 13.9 Å². The SMILES string of the molecule is NCC[C@H]1CN(C(=O)c2cccc(-c3ccc(F)c(Cl)c3)c2)CCO1. The quantitative estimate of drug-likeness (QED) is 0.907. The van der Waals surface area contributed by atoms with Crippen LogP contribution in [0.5, 0.6) is 0 Å². The van der Waals surface area contributed by atoms with Crippen LogP contribution in [0.1, 0.15) is 16.8 Å². The summed E-state index contributed by atoms with van der Waals surface area (Å²) in [4.78, 5) is 14.6. The molecule has 1 fully saturated rings. The normalized spacial score (nSPS) is 17.6. The fourth-order valence-corrected chi connectivity index (χ4v) is 3.13. The molecule has 0 radical (unpaired) electrons. The minimum absolute atomic E-state index is 0.0122. The lowest BCUT2D eigenvalue weighted by Crippen LogP contribution is -2.46. The van der Waals surface area contributed by atoms with Crippen molar-refractivity contribution in [1.29, 1.82) is 0 Å². The number of benzene rings is 2. The van der Waals surface area contributed by atoms with E-state index < -0.39 is 5.82 Å². The molecule has 1 saturated heterocycles. The maximum absolute atomic E-state index is 13.4. The van der Waals surface area contributed by atoms with Crippen LogP contribution < -0.4 is 5.73 Å². The highest BCUT2D eigenvalue weighted by molar-refractivity contribution is 6.31. The molecule has 0 bridgehead atoms. The fraction of sp³-hybridized carbons (Fsp3) is 0.316. The van der Waals surface area contributed by atoms with Crippen LogP contribution in [0, 0.1) is 5.82 Å². The van der Waals surface area contributed by atoms with E-state index in [2.05, 4.69) is 0 Å². The number of hydrogen-bond donors (Lipinski definition) is 1. The fourth-order valence-electron chi connectivity index (χ4n) is 2.95. The lowest BCUT2D eigenvalue weighted by Gasteiger charge is -2.33. The number of carbonyl (C=O) groups is 1. The van der Waals surface area contributed by atoms with E-state index >= 15 is 0 Å². The molecule has 3 rings (SSSR count). The Hall–Kier alpha value is -1.95. The molecule has 0 saturated carbocycles. The Kier molecular flexibility index (Phi) is 5.68. The molecular weight excluding hydrogens is 343 g/mol. The van der Waals surface area contributed by atoms with Gasteiger partial charge in [0.05, 0.1) is 17.7 Å². The zero-order chi connectivity index (χ0) is 17.8. The summed E-state index contributed by atoms with van der Waals surface area (Å²) in [6.07, 6.45) is 0.722. The Bertz CT molecular complexity index is 767. The van der Waals surface area contributed by atoms with Crippen LogP contribution >= 0.6 is 11.6 Å². The average molecular weight is 363 g/mol. The van der Waals surface area contributed by atoms with Gasteiger partial charge in [-0.3, -0.25) is 4.79 Å². The zero-order valence-electron chi connectivity index (χ0n) is 13.8. The zero-order valence-corrected chi connectivity index (χ0v) is 14.5. The summed E-state index contributed by atoms with van der Waals surface area (Å²) in [5.74, 6) is -0.503. The van der Waals surface area contributed by atoms with Gasteiger partial charge in [0.25, 0.3) is 5.91 Å². The topological polar surface area (TPSA) is 55.6 Å². The maximum Gasteiger partial charge on any atom is 0.254 e. The van der Waals surface area contributed by atoms with Crippen molar-refractivity contribution in [2.45, 2.75) is 12.5 Å². The first kappa shape index (κ1) is 17.9. The van der Waals surface area contributed by atoms with Crippen molar-refractivity contribution in [2.24, 2.45) is 5.73 Å². The highest BCUT2D eigenvalue weighted by Crippen LogP contribution is 2.26. The molecule has 0 spiro atoms. The average Bonchev–Trinajstić information content (AvgIpc) is 2.64. The van der Waals surface area contributed by atoms with Gasteiger partial charge in [0.15, 0.2) is 0 Å². The van der Waals surface area contributed by atoms with Crippen molar-refractivity contribution in [3.8, 4) is 11.1 Å². The summed E-state index contributed by atoms with van der Waals surface area (Å²) < 4.78 is 19.0. The number of halogens is 2. The van der Waals surface area contributed by atoms with Crippen molar-refractivity contribution in [3.05, 3.63) is 58.9 Å². The van der Waals surface area contributed by atoms with Crippen molar-refractivity contribution in [2.75, 3.05) is 26.2 Å². The summed E-state index contributed by atoms with van der Waals surface area (Å²) >= 11 is 5.86. The van der Waals surface area contributed by atoms with Crippen LogP contribution in [0.25, 0.3) is 11.1 Å². The predicted octanol–water partition coefficient (Wildman–Crippen LogP) is 3.34. The van der Waals surface area contributed by atoms with E-state index in [0.29, 0.717) is 31.8 Å². The van der Waals surface area contributed by atoms with E-state index in [1.54, 1.807) is 29.2 Å². The molecule has 2 N–H and O–H groups in total. The van der Waals surface area contributed by atoms with Crippen LogP contribution in [0.15, 0.2) is 42.5 Å². The third-order valence-corrected chi connectivity index (χ3v) is 4.57. The summed E-state index contributed by atoms with van der Waals surface area (Å²) in [7, 11) is 0. The lowest BCUT2D eigenvalue weighted by atomic mass is 10.0. The van der Waals surface area contributed by atoms with E-state index in [4.69, 9.17) is 22.1 Å². The van der Waals surface area contributed by atoms with E-state index in [-0.39, 0.29) is 17.0 Å². The van der Waals surface area contributed by atoms with Gasteiger partial charge in [0.2, 0.25) is 0 Å². The van der Waals surface area contributed by atoms with Gasteiger partial charge in [-0.1, -0.05) is 29.8 Å². The molecule has 0 unspecified atom stereocenters. The number of morpholine rings is 1. The van der Waals surface area contributed by atoms with Gasteiger partial charge in [0.1, 0.15) is 5.82 Å². The maximum atomic E-state index is 13.4. The third kappa shape index (κ3) is 4.18. The van der Waals surface area contributed by atoms with Gasteiger partial charge in [-0.15, -0.1) is 0 Å². The van der Waals surface area contributed by atoms with Crippen LogP contribution in [0.4, 0.5) is 4.39 Å². The van der Waals surface area contributed by atoms with Crippen molar-refractivity contribution in [1.82, 2.24) is 4.90 Å². The summed E-state index contributed by atoms with van der Waals surface area (Å²) in [5, 5.41) is 0.0621. The lowest BCUT2D eigenvalue weighted by molar-refractivity contribution is -0.0236. The second-order valence-electron chi connectivity index (χ2n) is 6.03. The molecular formula is C19H20ClFN2O2. The van der Waals surface area contributed by atoms with E-state index in [1.807, 2.05) is 12.1 Å². The molecule has 4 nitrogen and oxygen atoms in total. The Labute approximate surface area is 151 Å². The minimum atomic E-state index is -0.461. The molecule has 1 amide bonds. The first-order valence-electron chi connectivity index (χ1n) is 8.25. The third-order valence-electron chi connectivity index (χ3n) is 4.28. The Morgan fingerprint density at radius 1 is 1.28 bits per heavy atom. The van der Waals surface area contributed by atoms with E-state index in [9.17, 15) is 9.18 Å². The summed E-state index contributed by atoms with van der Waals surface area (Å²) in [6, 6.07) is 11.8. The van der Waals surface area contributed by atoms with Crippen molar-refractivity contribution >= 4 is 17.5 Å². The van der Waals surface area contributed by atoms with Crippen LogP contribution in [0.3, 0.4) is 0 Å². The Morgan fingerprint density at radius 3 is 2.84 bits per heavy atom. The molecule has 1 aliphatic heterocycles. The molecule has 1 heterocycles. The molecule has 1 atom stereocenters. The minimum Gasteiger partial charge on any atom is -0.374 e. The number of ether oxygens (including phenoxy) is 1. The highest BCUT2D eigenvalue weighted by atomic mass is 35.5. The van der Waals surface area contributed by atoms with E-state index in [1.165, 1.54) is 6.07 Å². The molecule has 0 aliphatic carbocycles. The number of nitrogens with two attached hydrogens (primary N) is 1. The monoisotopic (exact) mass is 362 g/mol. The van der Waals surface area contributed by atoms with E-state index in [0.717, 1.165) is 17.5 Å². The molecule has 25 heavy (non-hydrogen) atoms. The standard InChI is InChI=1S/C19H20ClFN2O2/c20-17-11-14(4-5-18(17)21)13-2-1-3-15(10-13)19(24)23-8-9-25-16(12-23)6-7-22/h1-5,10-11,16H,6-9,12,22H2/t16-/m0/s1. The number of hydrogen-bond acceptors (Lipinski definition) is 3. The van der Waals surface area contributed by atoms with Gasteiger partial charge in [-0.25, -0.2) is 4.39 Å². The van der Waals surface area contributed by atoms with Gasteiger partial charge < -0.3 is 15.4 Å². The molecule has 2 aromatic rings. The second-order valence-corrected chi connectivity index (χ2v) is 6.44. The van der Waals surface area contributed by atoms with Crippen LogP contribution in [-0.2, 0) is 4.74 Å². The summed E-state index contributed by atoms with van der Waals surface area (Å²) in [6.45, 7) is 2.16. The molecule has 0 aromatic heterocycles. The molecule has 2 aromatic carbocycles. The van der Waals surface area contributed by atoms with Crippen molar-refractivity contribution in [3.63, 3.8) is 0 Å². The summed E-state index contributed by atoms with van der Waals surface area (Å²) in [5.41, 5.74) is 7.75. The van der Waals surface area contributed by atoms with Crippen LogP contribution in [0.2, 0.25) is 5.02 Å². The highest BCUT2D eigenvalue weighted by Gasteiger charge is 2.24. The molecule has 6 heteroatoms. The molecule has 132 valence electrons.